The van der Waals surface area contributed by atoms with Crippen molar-refractivity contribution in [3.8, 4) is 16.9 Å². The minimum atomic E-state index is -4.72. The van der Waals surface area contributed by atoms with Gasteiger partial charge >= 0.3 is 6.36 Å². The van der Waals surface area contributed by atoms with Gasteiger partial charge < -0.3 is 4.74 Å². The van der Waals surface area contributed by atoms with Crippen molar-refractivity contribution in [3.63, 3.8) is 0 Å². The van der Waals surface area contributed by atoms with Crippen LogP contribution in [-0.2, 0) is 0 Å². The van der Waals surface area contributed by atoms with E-state index >= 15 is 0 Å². The number of rotatable bonds is 2. The van der Waals surface area contributed by atoms with Crippen LogP contribution >= 0.6 is 34.8 Å². The normalized spacial score (nSPS) is 11.5. The minimum absolute atomic E-state index is 0.196. The van der Waals surface area contributed by atoms with Crippen molar-refractivity contribution in [2.45, 2.75) is 6.36 Å². The van der Waals surface area contributed by atoms with Crippen molar-refractivity contribution in [3.05, 3.63) is 51.5 Å². The summed E-state index contributed by atoms with van der Waals surface area (Å²) in [5.74, 6) is -0.308. The number of hydrogen-bond donors (Lipinski definition) is 0. The van der Waals surface area contributed by atoms with Crippen LogP contribution in [0, 0.1) is 0 Å². The van der Waals surface area contributed by atoms with E-state index in [2.05, 4.69) is 4.74 Å². The summed E-state index contributed by atoms with van der Waals surface area (Å²) in [4.78, 5) is 0. The van der Waals surface area contributed by atoms with Crippen LogP contribution in [0.3, 0.4) is 0 Å². The third-order valence-corrected chi connectivity index (χ3v) is 3.73. The van der Waals surface area contributed by atoms with Crippen molar-refractivity contribution in [2.24, 2.45) is 0 Å². The molecular formula is C13H6Cl3F3O. The molecule has 20 heavy (non-hydrogen) atoms. The van der Waals surface area contributed by atoms with Gasteiger partial charge in [0.05, 0.1) is 15.1 Å². The Bertz CT molecular complexity index is 624. The highest BCUT2D eigenvalue weighted by Crippen LogP contribution is 2.38. The molecule has 0 N–H and O–H groups in total. The molecule has 0 spiro atoms. The van der Waals surface area contributed by atoms with Gasteiger partial charge in [0.2, 0.25) is 0 Å². The molecule has 1 nitrogen and oxygen atoms in total. The Labute approximate surface area is 127 Å². The molecule has 106 valence electrons. The molecule has 2 aromatic carbocycles. The van der Waals surface area contributed by atoms with Crippen LogP contribution in [0.15, 0.2) is 36.4 Å². The molecular weight excluding hydrogens is 335 g/mol. The van der Waals surface area contributed by atoms with Gasteiger partial charge in [-0.2, -0.15) is 0 Å². The van der Waals surface area contributed by atoms with E-state index in [-0.39, 0.29) is 15.8 Å². The average Bonchev–Trinajstić information content (AvgIpc) is 2.36. The lowest BCUT2D eigenvalue weighted by atomic mass is 10.1. The maximum Gasteiger partial charge on any atom is 0.573 e. The van der Waals surface area contributed by atoms with Gasteiger partial charge in [0.15, 0.2) is 0 Å². The van der Waals surface area contributed by atoms with Crippen molar-refractivity contribution in [1.82, 2.24) is 0 Å². The number of hydrogen-bond acceptors (Lipinski definition) is 1. The number of halogens is 6. The van der Waals surface area contributed by atoms with Crippen LogP contribution < -0.4 is 4.74 Å². The van der Waals surface area contributed by atoms with Gasteiger partial charge in [-0.05, 0) is 23.8 Å². The zero-order chi connectivity index (χ0) is 14.9. The molecule has 2 aromatic rings. The van der Waals surface area contributed by atoms with E-state index in [1.165, 1.54) is 24.3 Å². The maximum atomic E-state index is 12.1. The van der Waals surface area contributed by atoms with E-state index in [9.17, 15) is 13.2 Å². The van der Waals surface area contributed by atoms with Crippen LogP contribution in [0.2, 0.25) is 15.1 Å². The van der Waals surface area contributed by atoms with E-state index in [1.807, 2.05) is 0 Å². The topological polar surface area (TPSA) is 9.23 Å². The third kappa shape index (κ3) is 3.51. The summed E-state index contributed by atoms with van der Waals surface area (Å²) in [6.45, 7) is 0. The molecule has 0 unspecified atom stereocenters. The molecule has 0 radical (unpaired) electrons. The molecule has 2 rings (SSSR count). The van der Waals surface area contributed by atoms with E-state index in [0.29, 0.717) is 16.1 Å². The number of benzene rings is 2. The lowest BCUT2D eigenvalue weighted by Crippen LogP contribution is -2.16. The van der Waals surface area contributed by atoms with E-state index < -0.39 is 6.36 Å². The largest absolute Gasteiger partial charge is 0.573 e. The zero-order valence-corrected chi connectivity index (χ0v) is 11.9. The first-order valence-corrected chi connectivity index (χ1v) is 6.41. The maximum absolute atomic E-state index is 12.1. The second-order valence-electron chi connectivity index (χ2n) is 3.80. The van der Waals surface area contributed by atoms with Crippen LogP contribution in [0.1, 0.15) is 0 Å². The monoisotopic (exact) mass is 340 g/mol. The molecule has 7 heteroatoms. The van der Waals surface area contributed by atoms with E-state index in [1.54, 1.807) is 12.1 Å². The molecule has 0 heterocycles. The van der Waals surface area contributed by atoms with Gasteiger partial charge in [-0.25, -0.2) is 0 Å². The van der Waals surface area contributed by atoms with Crippen LogP contribution in [0.5, 0.6) is 5.75 Å². The predicted octanol–water partition coefficient (Wildman–Crippen LogP) is 6.21. The Balaban J connectivity index is 2.33. The van der Waals surface area contributed by atoms with E-state index in [0.717, 1.165) is 0 Å². The second-order valence-corrected chi connectivity index (χ2v) is 4.96. The summed E-state index contributed by atoms with van der Waals surface area (Å²) < 4.78 is 39.9. The highest BCUT2D eigenvalue weighted by atomic mass is 35.5. The van der Waals surface area contributed by atoms with E-state index in [4.69, 9.17) is 34.8 Å². The highest BCUT2D eigenvalue weighted by Gasteiger charge is 2.31. The first-order chi connectivity index (χ1) is 9.28. The molecule has 0 bridgehead atoms. The molecule has 0 atom stereocenters. The zero-order valence-electron chi connectivity index (χ0n) is 9.64. The Kier molecular flexibility index (Phi) is 4.37. The van der Waals surface area contributed by atoms with Gasteiger partial charge in [0, 0.05) is 5.56 Å². The lowest BCUT2D eigenvalue weighted by molar-refractivity contribution is -0.274. The summed E-state index contributed by atoms with van der Waals surface area (Å²) in [6, 6.07) is 8.49. The molecule has 0 saturated heterocycles. The molecule has 0 aliphatic rings. The fraction of sp³-hybridized carbons (Fsp3) is 0.0769. The smallest absolute Gasteiger partial charge is 0.406 e. The lowest BCUT2D eigenvalue weighted by Gasteiger charge is -2.10. The fourth-order valence-electron chi connectivity index (χ4n) is 1.59. The van der Waals surface area contributed by atoms with Crippen LogP contribution in [-0.4, -0.2) is 6.36 Å². The molecule has 0 aromatic heterocycles. The summed E-state index contributed by atoms with van der Waals surface area (Å²) >= 11 is 17.8. The van der Waals surface area contributed by atoms with Crippen LogP contribution in [0.25, 0.3) is 11.1 Å². The average molecular weight is 342 g/mol. The molecule has 0 amide bonds. The Morgan fingerprint density at radius 1 is 0.800 bits per heavy atom. The Morgan fingerprint density at radius 2 is 1.40 bits per heavy atom. The van der Waals surface area contributed by atoms with Gasteiger partial charge in [-0.15, -0.1) is 13.2 Å². The molecule has 0 aliphatic heterocycles. The quantitative estimate of drug-likeness (QED) is 0.590. The third-order valence-electron chi connectivity index (χ3n) is 2.43. The second kappa shape index (κ2) is 5.72. The number of alkyl halides is 3. The first-order valence-electron chi connectivity index (χ1n) is 5.27. The summed E-state index contributed by atoms with van der Waals surface area (Å²) in [5.41, 5.74) is 1.17. The van der Waals surface area contributed by atoms with Crippen molar-refractivity contribution >= 4 is 34.8 Å². The summed E-state index contributed by atoms with van der Waals surface area (Å²) in [5, 5.41) is 0.738. The standard InChI is InChI=1S/C13H6Cl3F3O/c14-10-6-5-9(11(15)12(10)16)7-1-3-8(4-2-7)20-13(17,18)19/h1-6H. The predicted molar refractivity (Wildman–Crippen MR) is 73.6 cm³/mol. The van der Waals surface area contributed by atoms with Crippen LogP contribution in [0.4, 0.5) is 13.2 Å². The fourth-order valence-corrected chi connectivity index (χ4v) is 2.23. The summed E-state index contributed by atoms with van der Waals surface area (Å²) in [6.07, 6.45) is -4.72. The van der Waals surface area contributed by atoms with Gasteiger partial charge in [0.25, 0.3) is 0 Å². The number of ether oxygens (including phenoxy) is 1. The highest BCUT2D eigenvalue weighted by molar-refractivity contribution is 6.49. The Morgan fingerprint density at radius 3 is 1.95 bits per heavy atom. The van der Waals surface area contributed by atoms with Crippen molar-refractivity contribution in [1.29, 1.82) is 0 Å². The van der Waals surface area contributed by atoms with Crippen molar-refractivity contribution < 1.29 is 17.9 Å². The van der Waals surface area contributed by atoms with Gasteiger partial charge in [-0.1, -0.05) is 53.0 Å². The first kappa shape index (κ1) is 15.3. The summed E-state index contributed by atoms with van der Waals surface area (Å²) in [7, 11) is 0. The Hall–Kier alpha value is -1.10. The van der Waals surface area contributed by atoms with Crippen molar-refractivity contribution in [2.75, 3.05) is 0 Å². The molecule has 0 saturated carbocycles. The molecule has 0 aliphatic carbocycles. The van der Waals surface area contributed by atoms with Gasteiger partial charge in [0.1, 0.15) is 5.75 Å². The minimum Gasteiger partial charge on any atom is -0.406 e. The van der Waals surface area contributed by atoms with Gasteiger partial charge in [-0.3, -0.25) is 0 Å². The SMILES string of the molecule is FC(F)(F)Oc1ccc(-c2ccc(Cl)c(Cl)c2Cl)cc1. The molecule has 0 fully saturated rings.